The number of benzene rings is 2. The Morgan fingerprint density at radius 3 is 2.60 bits per heavy atom. The van der Waals surface area contributed by atoms with Crippen LogP contribution in [0.5, 0.6) is 0 Å². The maximum absolute atomic E-state index is 11.8. The van der Waals surface area contributed by atoms with Gasteiger partial charge in [-0.15, -0.1) is 0 Å². The van der Waals surface area contributed by atoms with Crippen molar-refractivity contribution in [1.29, 1.82) is 0 Å². The van der Waals surface area contributed by atoms with Crippen LogP contribution in [0.1, 0.15) is 30.2 Å². The number of ether oxygens (including phenoxy) is 1. The number of rotatable bonds is 3. The van der Waals surface area contributed by atoms with E-state index in [1.807, 2.05) is 23.0 Å². The number of carbonyl (C=O) groups is 1. The van der Waals surface area contributed by atoms with Gasteiger partial charge < -0.3 is 14.3 Å². The smallest absolute Gasteiger partial charge is 0.337 e. The van der Waals surface area contributed by atoms with E-state index in [0.29, 0.717) is 22.2 Å². The second-order valence-electron chi connectivity index (χ2n) is 7.47. The number of aromatic amines is 1. The van der Waals surface area contributed by atoms with Crippen molar-refractivity contribution < 1.29 is 13.9 Å². The monoisotopic (exact) mass is 401 g/mol. The summed E-state index contributed by atoms with van der Waals surface area (Å²) in [6.45, 7) is 4.15. The number of fused-ring (bicyclic) bond motifs is 4. The highest BCUT2D eigenvalue weighted by Crippen LogP contribution is 2.39. The molecule has 0 fully saturated rings. The number of nitrogens with zero attached hydrogens (tertiary/aromatic N) is 2. The van der Waals surface area contributed by atoms with Gasteiger partial charge in [0.05, 0.1) is 12.7 Å². The van der Waals surface area contributed by atoms with Gasteiger partial charge >= 0.3 is 5.97 Å². The normalized spacial score (nSPS) is 11.7. The lowest BCUT2D eigenvalue weighted by atomic mass is 10.0. The first-order chi connectivity index (χ1) is 14.5. The van der Waals surface area contributed by atoms with E-state index in [-0.39, 0.29) is 11.5 Å². The molecule has 7 heteroatoms. The summed E-state index contributed by atoms with van der Waals surface area (Å²) in [4.78, 5) is 28.5. The largest absolute Gasteiger partial charge is 0.465 e. The Balaban J connectivity index is 1.89. The van der Waals surface area contributed by atoms with Crippen molar-refractivity contribution in [3.63, 3.8) is 0 Å². The standard InChI is InChI=1S/C23H19N3O4/c1-12(2)26-22-17(11-24-26)19(13-4-6-14(7-5-13)23(28)29-3)21-20(25-22)16-9-8-15(27)10-18(16)30-21/h4-12,24H,1-3H3. The lowest BCUT2D eigenvalue weighted by molar-refractivity contribution is 0.0601. The van der Waals surface area contributed by atoms with Crippen molar-refractivity contribution in [2.45, 2.75) is 19.9 Å². The number of esters is 1. The van der Waals surface area contributed by atoms with E-state index in [0.717, 1.165) is 27.5 Å². The highest BCUT2D eigenvalue weighted by Gasteiger charge is 2.21. The van der Waals surface area contributed by atoms with Gasteiger partial charge in [-0.05, 0) is 43.7 Å². The van der Waals surface area contributed by atoms with Crippen LogP contribution in [0.2, 0.25) is 0 Å². The van der Waals surface area contributed by atoms with Gasteiger partial charge in [-0.2, -0.15) is 0 Å². The van der Waals surface area contributed by atoms with Crippen molar-refractivity contribution >= 4 is 39.1 Å². The molecule has 0 amide bonds. The minimum atomic E-state index is -0.391. The summed E-state index contributed by atoms with van der Waals surface area (Å²) in [5, 5.41) is 4.95. The van der Waals surface area contributed by atoms with Crippen LogP contribution in [-0.2, 0) is 4.74 Å². The summed E-state index contributed by atoms with van der Waals surface area (Å²) in [5.41, 5.74) is 4.66. The number of methoxy groups -OCH3 is 1. The van der Waals surface area contributed by atoms with Crippen LogP contribution < -0.4 is 5.43 Å². The lowest BCUT2D eigenvalue weighted by Crippen LogP contribution is -2.03. The second kappa shape index (κ2) is 6.59. The lowest BCUT2D eigenvalue weighted by Gasteiger charge is -2.10. The number of carbonyl (C=O) groups excluding carboxylic acids is 1. The van der Waals surface area contributed by atoms with E-state index in [1.165, 1.54) is 19.2 Å². The molecule has 1 N–H and O–H groups in total. The number of hydrogen-bond donors (Lipinski definition) is 1. The summed E-state index contributed by atoms with van der Waals surface area (Å²) in [6.07, 6.45) is 1.90. The molecule has 0 aliphatic carbocycles. The van der Waals surface area contributed by atoms with Crippen molar-refractivity contribution in [3.05, 3.63) is 64.4 Å². The zero-order valence-electron chi connectivity index (χ0n) is 16.7. The van der Waals surface area contributed by atoms with Crippen molar-refractivity contribution in [2.24, 2.45) is 0 Å². The molecule has 0 unspecified atom stereocenters. The summed E-state index contributed by atoms with van der Waals surface area (Å²) >= 11 is 0. The van der Waals surface area contributed by atoms with Gasteiger partial charge in [-0.3, -0.25) is 9.48 Å². The third kappa shape index (κ3) is 2.62. The molecule has 30 heavy (non-hydrogen) atoms. The average molecular weight is 401 g/mol. The predicted molar refractivity (Wildman–Crippen MR) is 115 cm³/mol. The molecule has 0 aliphatic rings. The molecule has 3 heterocycles. The molecule has 7 nitrogen and oxygen atoms in total. The van der Waals surface area contributed by atoms with E-state index in [9.17, 15) is 9.59 Å². The van der Waals surface area contributed by atoms with E-state index < -0.39 is 5.97 Å². The predicted octanol–water partition coefficient (Wildman–Crippen LogP) is 4.66. The molecule has 2 aromatic carbocycles. The van der Waals surface area contributed by atoms with Gasteiger partial charge in [0, 0.05) is 34.6 Å². The SMILES string of the molecule is COC(=O)c1ccc(-c2c3c[nH]n(C(C)C)c3nc3c2oc2cc(=O)ccc23)cc1. The van der Waals surface area contributed by atoms with Gasteiger partial charge in [-0.25, -0.2) is 9.78 Å². The Bertz CT molecular complexity index is 1490. The molecule has 0 saturated carbocycles. The number of pyridine rings is 1. The van der Waals surface area contributed by atoms with Crippen LogP contribution in [0.4, 0.5) is 0 Å². The Morgan fingerprint density at radius 2 is 1.90 bits per heavy atom. The van der Waals surface area contributed by atoms with Crippen molar-refractivity contribution in [3.8, 4) is 11.1 Å². The highest BCUT2D eigenvalue weighted by atomic mass is 16.5. The van der Waals surface area contributed by atoms with Crippen LogP contribution in [0.3, 0.4) is 0 Å². The van der Waals surface area contributed by atoms with Gasteiger partial charge in [0.15, 0.2) is 16.7 Å². The first-order valence-electron chi connectivity index (χ1n) is 9.62. The zero-order chi connectivity index (χ0) is 21.0. The number of H-pyrrole nitrogens is 1. The van der Waals surface area contributed by atoms with Crippen molar-refractivity contribution in [1.82, 2.24) is 14.8 Å². The highest BCUT2D eigenvalue weighted by molar-refractivity contribution is 6.14. The Hall–Kier alpha value is -3.87. The van der Waals surface area contributed by atoms with Gasteiger partial charge in [0.2, 0.25) is 0 Å². The molecular formula is C23H19N3O4. The average Bonchev–Trinajstić information content (AvgIpc) is 3.32. The topological polar surface area (TPSA) is 90.1 Å². The van der Waals surface area contributed by atoms with Gasteiger partial charge in [-0.1, -0.05) is 12.1 Å². The third-order valence-electron chi connectivity index (χ3n) is 5.28. The first-order valence-corrected chi connectivity index (χ1v) is 9.62. The fourth-order valence-corrected chi connectivity index (χ4v) is 3.83. The quantitative estimate of drug-likeness (QED) is 0.444. The molecule has 3 aromatic heterocycles. The van der Waals surface area contributed by atoms with Crippen molar-refractivity contribution in [2.75, 3.05) is 7.11 Å². The fourth-order valence-electron chi connectivity index (χ4n) is 3.83. The van der Waals surface area contributed by atoms with Crippen LogP contribution in [-0.4, -0.2) is 27.8 Å². The third-order valence-corrected chi connectivity index (χ3v) is 5.28. The van der Waals surface area contributed by atoms with Crippen LogP contribution in [0, 0.1) is 0 Å². The molecule has 0 aliphatic heterocycles. The summed E-state index contributed by atoms with van der Waals surface area (Å²) in [6, 6.07) is 12.1. The molecule has 0 bridgehead atoms. The van der Waals surface area contributed by atoms with E-state index >= 15 is 0 Å². The maximum Gasteiger partial charge on any atom is 0.337 e. The van der Waals surface area contributed by atoms with Crippen LogP contribution in [0.25, 0.3) is 44.2 Å². The Labute approximate surface area is 170 Å². The molecule has 0 saturated heterocycles. The minimum absolute atomic E-state index is 0.116. The maximum atomic E-state index is 11.8. The van der Waals surface area contributed by atoms with Gasteiger partial charge in [0.25, 0.3) is 0 Å². The van der Waals surface area contributed by atoms with Gasteiger partial charge in [0.1, 0.15) is 11.1 Å². The van der Waals surface area contributed by atoms with Crippen LogP contribution in [0.15, 0.2) is 57.9 Å². The number of furan rings is 1. The second-order valence-corrected chi connectivity index (χ2v) is 7.47. The Kier molecular flexibility index (Phi) is 3.99. The summed E-state index contributed by atoms with van der Waals surface area (Å²) in [5.74, 6) is -0.391. The van der Waals surface area contributed by atoms with E-state index in [1.54, 1.807) is 18.2 Å². The molecule has 0 spiro atoms. The molecule has 5 aromatic rings. The fraction of sp³-hybridized carbons (Fsp3) is 0.174. The molecule has 5 rings (SSSR count). The zero-order valence-corrected chi connectivity index (χ0v) is 16.7. The summed E-state index contributed by atoms with van der Waals surface area (Å²) < 4.78 is 12.9. The number of hydrogen-bond acceptors (Lipinski definition) is 5. The van der Waals surface area contributed by atoms with E-state index in [2.05, 4.69) is 18.9 Å². The molecule has 150 valence electrons. The molecule has 0 atom stereocenters. The molecule has 0 radical (unpaired) electrons. The van der Waals surface area contributed by atoms with Crippen LogP contribution >= 0.6 is 0 Å². The molecular weight excluding hydrogens is 382 g/mol. The first kappa shape index (κ1) is 18.2. The summed E-state index contributed by atoms with van der Waals surface area (Å²) in [7, 11) is 1.36. The number of aromatic nitrogens is 3. The minimum Gasteiger partial charge on any atom is -0.465 e. The van der Waals surface area contributed by atoms with E-state index in [4.69, 9.17) is 14.1 Å². The Morgan fingerprint density at radius 1 is 1.13 bits per heavy atom. The number of nitrogens with one attached hydrogen (secondary N) is 1.